The third kappa shape index (κ3) is 5.55. The van der Waals surface area contributed by atoms with Crippen LogP contribution in [0.2, 0.25) is 0 Å². The predicted octanol–water partition coefficient (Wildman–Crippen LogP) is 3.92. The number of hydrogen-bond acceptors (Lipinski definition) is 5. The first kappa shape index (κ1) is 24.4. The van der Waals surface area contributed by atoms with Crippen molar-refractivity contribution in [2.75, 3.05) is 19.6 Å². The Morgan fingerprint density at radius 3 is 2.31 bits per heavy atom. The first-order valence-corrected chi connectivity index (χ1v) is 11.8. The second-order valence-corrected chi connectivity index (χ2v) is 9.50. The number of halogens is 3. The van der Waals surface area contributed by atoms with E-state index in [1.165, 1.54) is 36.6 Å². The van der Waals surface area contributed by atoms with Crippen LogP contribution in [0, 0.1) is 4.77 Å². The maximum Gasteiger partial charge on any atom is 0.401 e. The minimum absolute atomic E-state index is 0.0424. The Labute approximate surface area is 189 Å². The van der Waals surface area contributed by atoms with Gasteiger partial charge in [0.1, 0.15) is 0 Å². The van der Waals surface area contributed by atoms with E-state index in [2.05, 4.69) is 5.10 Å². The van der Waals surface area contributed by atoms with Crippen molar-refractivity contribution in [3.63, 3.8) is 0 Å². The summed E-state index contributed by atoms with van der Waals surface area (Å²) in [6.45, 7) is 2.82. The number of alkyl halides is 3. The fourth-order valence-corrected chi connectivity index (χ4v) is 5.10. The van der Waals surface area contributed by atoms with Gasteiger partial charge < -0.3 is 0 Å². The van der Waals surface area contributed by atoms with Gasteiger partial charge in [0, 0.05) is 25.8 Å². The van der Waals surface area contributed by atoms with Crippen molar-refractivity contribution in [3.8, 4) is 0 Å². The van der Waals surface area contributed by atoms with Crippen LogP contribution in [0.3, 0.4) is 0 Å². The maximum absolute atomic E-state index is 13.2. The van der Waals surface area contributed by atoms with Gasteiger partial charge in [-0.15, -0.1) is 0 Å². The van der Waals surface area contributed by atoms with Crippen LogP contribution in [0.25, 0.3) is 5.65 Å². The molecular weight excluding hydrogens is 463 g/mol. The Balaban J connectivity index is 1.95. The molecule has 0 unspecified atom stereocenters. The molecule has 2 aromatic heterocycles. The zero-order valence-electron chi connectivity index (χ0n) is 17.7. The van der Waals surface area contributed by atoms with E-state index in [9.17, 15) is 21.6 Å². The average Bonchev–Trinajstić information content (AvgIpc) is 3.03. The summed E-state index contributed by atoms with van der Waals surface area (Å²) in [7, 11) is -3.72. The van der Waals surface area contributed by atoms with E-state index in [-0.39, 0.29) is 22.9 Å². The lowest BCUT2D eigenvalue weighted by atomic mass is 10.2. The molecule has 0 bridgehead atoms. The van der Waals surface area contributed by atoms with Gasteiger partial charge in [-0.05, 0) is 29.9 Å². The van der Waals surface area contributed by atoms with Crippen LogP contribution >= 0.6 is 12.2 Å². The molecule has 12 heteroatoms. The number of pyridine rings is 1. The second-order valence-electron chi connectivity index (χ2n) is 7.19. The SMILES string of the molecule is CCN(CC)S(=O)(=O)c1ccc2nn(CN(Cc3ccccc3)CC(F)(F)F)c(=S)n2c1. The second kappa shape index (κ2) is 9.69. The van der Waals surface area contributed by atoms with Crippen LogP contribution in [0.1, 0.15) is 19.4 Å². The molecule has 3 aromatic rings. The summed E-state index contributed by atoms with van der Waals surface area (Å²) >= 11 is 5.40. The first-order chi connectivity index (χ1) is 15.0. The standard InChI is InChI=1S/C20H24F3N5O2S2/c1-3-26(4-2)32(29,30)17-10-11-18-24-28(19(31)27(18)13-17)15-25(14-20(21,22)23)12-16-8-6-5-7-9-16/h5-11,13H,3-4,12,14-15H2,1-2H3. The van der Waals surface area contributed by atoms with Crippen molar-refractivity contribution in [3.05, 3.63) is 59.0 Å². The van der Waals surface area contributed by atoms with Gasteiger partial charge in [-0.2, -0.15) is 22.6 Å². The summed E-state index contributed by atoms with van der Waals surface area (Å²) in [5, 5.41) is 4.29. The highest BCUT2D eigenvalue weighted by Crippen LogP contribution is 2.20. The molecule has 0 saturated heterocycles. The Bertz CT molecular complexity index is 1220. The molecule has 1 aromatic carbocycles. The molecule has 0 atom stereocenters. The van der Waals surface area contributed by atoms with E-state index in [4.69, 9.17) is 12.2 Å². The topological polar surface area (TPSA) is 62.9 Å². The normalized spacial score (nSPS) is 12.8. The zero-order chi connectivity index (χ0) is 23.5. The van der Waals surface area contributed by atoms with Crippen molar-refractivity contribution >= 4 is 27.9 Å². The quantitative estimate of drug-likeness (QED) is 0.428. The number of nitrogens with zero attached hydrogens (tertiary/aromatic N) is 5. The van der Waals surface area contributed by atoms with Crippen LogP contribution in [-0.2, 0) is 23.2 Å². The number of rotatable bonds is 9. The summed E-state index contributed by atoms with van der Waals surface area (Å²) in [4.78, 5) is 1.23. The van der Waals surface area contributed by atoms with Crippen LogP contribution in [-0.4, -0.2) is 57.6 Å². The summed E-state index contributed by atoms with van der Waals surface area (Å²) in [5.41, 5.74) is 1.07. The van der Waals surface area contributed by atoms with E-state index in [0.29, 0.717) is 18.7 Å². The summed E-state index contributed by atoms with van der Waals surface area (Å²) in [6, 6.07) is 11.7. The largest absolute Gasteiger partial charge is 0.401 e. The number of benzene rings is 1. The molecule has 0 aliphatic carbocycles. The Morgan fingerprint density at radius 2 is 1.72 bits per heavy atom. The van der Waals surface area contributed by atoms with E-state index in [1.54, 1.807) is 44.2 Å². The fourth-order valence-electron chi connectivity index (χ4n) is 3.40. The molecule has 174 valence electrons. The number of aromatic nitrogens is 3. The monoisotopic (exact) mass is 487 g/mol. The molecule has 7 nitrogen and oxygen atoms in total. The molecule has 2 heterocycles. The highest BCUT2D eigenvalue weighted by molar-refractivity contribution is 7.89. The lowest BCUT2D eigenvalue weighted by Gasteiger charge is -2.23. The molecule has 0 fully saturated rings. The van der Waals surface area contributed by atoms with Crippen molar-refractivity contribution in [1.29, 1.82) is 0 Å². The number of fused-ring (bicyclic) bond motifs is 1. The number of sulfonamides is 1. The Hall–Kier alpha value is -2.28. The predicted molar refractivity (Wildman–Crippen MR) is 117 cm³/mol. The molecule has 0 amide bonds. The highest BCUT2D eigenvalue weighted by Gasteiger charge is 2.31. The Morgan fingerprint density at radius 1 is 1.06 bits per heavy atom. The van der Waals surface area contributed by atoms with Crippen molar-refractivity contribution in [2.24, 2.45) is 0 Å². The molecule has 0 aliphatic rings. The van der Waals surface area contributed by atoms with E-state index in [1.807, 2.05) is 0 Å². The maximum atomic E-state index is 13.2. The van der Waals surface area contributed by atoms with Crippen molar-refractivity contribution in [2.45, 2.75) is 38.1 Å². The van der Waals surface area contributed by atoms with Crippen LogP contribution in [0.5, 0.6) is 0 Å². The fraction of sp³-hybridized carbons (Fsp3) is 0.400. The molecule has 0 spiro atoms. The molecule has 3 rings (SSSR count). The van der Waals surface area contributed by atoms with Gasteiger partial charge in [-0.3, -0.25) is 9.30 Å². The third-order valence-corrected chi connectivity index (χ3v) is 7.32. The lowest BCUT2D eigenvalue weighted by Crippen LogP contribution is -2.35. The van der Waals surface area contributed by atoms with Gasteiger partial charge in [-0.1, -0.05) is 44.2 Å². The van der Waals surface area contributed by atoms with Crippen LogP contribution < -0.4 is 0 Å². The van der Waals surface area contributed by atoms with E-state index in [0.717, 1.165) is 5.56 Å². The molecule has 0 saturated carbocycles. The molecule has 0 N–H and O–H groups in total. The van der Waals surface area contributed by atoms with Crippen molar-refractivity contribution < 1.29 is 21.6 Å². The van der Waals surface area contributed by atoms with E-state index < -0.39 is 22.7 Å². The Kier molecular flexibility index (Phi) is 7.38. The third-order valence-electron chi connectivity index (χ3n) is 4.88. The molecular formula is C20H24F3N5O2S2. The smallest absolute Gasteiger partial charge is 0.274 e. The van der Waals surface area contributed by atoms with Gasteiger partial charge in [-0.25, -0.2) is 13.1 Å². The minimum atomic E-state index is -4.40. The van der Waals surface area contributed by atoms with Crippen LogP contribution in [0.4, 0.5) is 13.2 Å². The average molecular weight is 488 g/mol. The molecule has 0 radical (unpaired) electrons. The molecule has 0 aliphatic heterocycles. The van der Waals surface area contributed by atoms with Gasteiger partial charge in [0.05, 0.1) is 18.1 Å². The lowest BCUT2D eigenvalue weighted by molar-refractivity contribution is -0.151. The van der Waals surface area contributed by atoms with Gasteiger partial charge in [0.2, 0.25) is 14.8 Å². The number of hydrogen-bond donors (Lipinski definition) is 0. The summed E-state index contributed by atoms with van der Waals surface area (Å²) in [5.74, 6) is 0. The van der Waals surface area contributed by atoms with Gasteiger partial charge in [0.15, 0.2) is 5.65 Å². The summed E-state index contributed by atoms with van der Waals surface area (Å²) < 4.78 is 69.2. The first-order valence-electron chi connectivity index (χ1n) is 9.97. The van der Waals surface area contributed by atoms with E-state index >= 15 is 0 Å². The minimum Gasteiger partial charge on any atom is -0.274 e. The molecule has 32 heavy (non-hydrogen) atoms. The van der Waals surface area contributed by atoms with Gasteiger partial charge >= 0.3 is 6.18 Å². The zero-order valence-corrected chi connectivity index (χ0v) is 19.3. The van der Waals surface area contributed by atoms with Gasteiger partial charge in [0.25, 0.3) is 0 Å². The van der Waals surface area contributed by atoms with Crippen LogP contribution in [0.15, 0.2) is 53.6 Å². The van der Waals surface area contributed by atoms with Crippen molar-refractivity contribution in [1.82, 2.24) is 23.4 Å². The highest BCUT2D eigenvalue weighted by atomic mass is 32.2. The summed E-state index contributed by atoms with van der Waals surface area (Å²) in [6.07, 6.45) is -3.04.